The van der Waals surface area contributed by atoms with Crippen LogP contribution in [0.4, 0.5) is 5.69 Å². The molecule has 0 radical (unpaired) electrons. The quantitative estimate of drug-likeness (QED) is 0.292. The van der Waals surface area contributed by atoms with Crippen molar-refractivity contribution in [3.8, 4) is 11.5 Å². The zero-order chi connectivity index (χ0) is 20.6. The second kappa shape index (κ2) is 12.0. The van der Waals surface area contributed by atoms with E-state index in [0.29, 0.717) is 29.7 Å². The lowest BCUT2D eigenvalue weighted by molar-refractivity contribution is 0.0792. The molecule has 0 unspecified atom stereocenters. The molecule has 30 heavy (non-hydrogen) atoms. The molecule has 0 aliphatic carbocycles. The number of ether oxygens (including phenoxy) is 2. The minimum Gasteiger partial charge on any atom is -0.497 e. The van der Waals surface area contributed by atoms with Gasteiger partial charge >= 0.3 is 0 Å². The van der Waals surface area contributed by atoms with Crippen LogP contribution in [0.2, 0.25) is 0 Å². The van der Waals surface area contributed by atoms with Crippen LogP contribution in [0.5, 0.6) is 11.5 Å². The summed E-state index contributed by atoms with van der Waals surface area (Å²) in [4.78, 5) is 6.80. The first-order valence-corrected chi connectivity index (χ1v) is 9.84. The third kappa shape index (κ3) is 7.03. The number of nitrogens with two attached hydrogens (primary N) is 1. The Balaban J connectivity index is 0.00000320. The van der Waals surface area contributed by atoms with Gasteiger partial charge in [-0.05, 0) is 36.1 Å². The molecule has 0 spiro atoms. The smallest absolute Gasteiger partial charge is 0.193 e. The Morgan fingerprint density at radius 1 is 1.10 bits per heavy atom. The van der Waals surface area contributed by atoms with Gasteiger partial charge in [0.05, 0.1) is 32.6 Å². The summed E-state index contributed by atoms with van der Waals surface area (Å²) in [6.45, 7) is 3.29. The standard InChI is InChI=1S/C22H30N4O3.HI/c1-28-19-7-8-21(29-2)20(13-19)25-22(23)24-14-16-3-5-17(6-4-16)15-26-11-9-18(27)10-12-26;/h3-8,13,18,27H,9-12,14-15H2,1-2H3,(H3,23,24,25);1H. The van der Waals surface area contributed by atoms with Crippen molar-refractivity contribution in [2.45, 2.75) is 32.0 Å². The maximum Gasteiger partial charge on any atom is 0.193 e. The number of aliphatic imine (C=N–C) groups is 1. The molecule has 2 aromatic carbocycles. The molecule has 1 heterocycles. The van der Waals surface area contributed by atoms with Gasteiger partial charge in [0.2, 0.25) is 0 Å². The van der Waals surface area contributed by atoms with E-state index in [4.69, 9.17) is 15.2 Å². The Labute approximate surface area is 195 Å². The molecular weight excluding hydrogens is 495 g/mol. The summed E-state index contributed by atoms with van der Waals surface area (Å²) in [5.74, 6) is 1.69. The van der Waals surface area contributed by atoms with Crippen molar-refractivity contribution in [1.82, 2.24) is 4.90 Å². The van der Waals surface area contributed by atoms with Crippen molar-refractivity contribution in [1.29, 1.82) is 0 Å². The molecule has 4 N–H and O–H groups in total. The fourth-order valence-electron chi connectivity index (χ4n) is 3.35. The molecule has 2 aromatic rings. The highest BCUT2D eigenvalue weighted by atomic mass is 127. The Kier molecular flexibility index (Phi) is 9.67. The van der Waals surface area contributed by atoms with Crippen LogP contribution in [0, 0.1) is 0 Å². The Morgan fingerprint density at radius 2 is 1.77 bits per heavy atom. The molecule has 3 rings (SSSR count). The molecule has 0 bridgehead atoms. The average molecular weight is 526 g/mol. The van der Waals surface area contributed by atoms with Crippen LogP contribution in [0.3, 0.4) is 0 Å². The van der Waals surface area contributed by atoms with Gasteiger partial charge in [0.25, 0.3) is 0 Å². The van der Waals surface area contributed by atoms with E-state index < -0.39 is 0 Å². The lowest BCUT2D eigenvalue weighted by Crippen LogP contribution is -2.35. The number of guanidine groups is 1. The van der Waals surface area contributed by atoms with Gasteiger partial charge in [0, 0.05) is 25.7 Å². The predicted molar refractivity (Wildman–Crippen MR) is 131 cm³/mol. The van der Waals surface area contributed by atoms with Crippen molar-refractivity contribution in [2.75, 3.05) is 32.6 Å². The summed E-state index contributed by atoms with van der Waals surface area (Å²) in [5.41, 5.74) is 9.11. The van der Waals surface area contributed by atoms with Crippen LogP contribution in [0.25, 0.3) is 0 Å². The van der Waals surface area contributed by atoms with E-state index in [1.54, 1.807) is 14.2 Å². The number of halogens is 1. The van der Waals surface area contributed by atoms with Gasteiger partial charge in [0.1, 0.15) is 11.5 Å². The Morgan fingerprint density at radius 3 is 2.40 bits per heavy atom. The highest BCUT2D eigenvalue weighted by Gasteiger charge is 2.16. The van der Waals surface area contributed by atoms with Gasteiger partial charge in [0.15, 0.2) is 5.96 Å². The maximum absolute atomic E-state index is 9.61. The molecule has 1 aliphatic rings. The van der Waals surface area contributed by atoms with Crippen LogP contribution in [-0.4, -0.2) is 49.4 Å². The van der Waals surface area contributed by atoms with Crippen molar-refractivity contribution < 1.29 is 14.6 Å². The third-order valence-electron chi connectivity index (χ3n) is 5.09. The molecule has 164 valence electrons. The maximum atomic E-state index is 9.61. The number of nitrogens with zero attached hydrogens (tertiary/aromatic N) is 2. The molecule has 1 fully saturated rings. The van der Waals surface area contributed by atoms with E-state index in [2.05, 4.69) is 39.5 Å². The van der Waals surface area contributed by atoms with E-state index >= 15 is 0 Å². The van der Waals surface area contributed by atoms with E-state index in [1.807, 2.05) is 18.2 Å². The summed E-state index contributed by atoms with van der Waals surface area (Å²) >= 11 is 0. The van der Waals surface area contributed by atoms with Gasteiger partial charge in [-0.2, -0.15) is 0 Å². The summed E-state index contributed by atoms with van der Waals surface area (Å²) < 4.78 is 10.6. The largest absolute Gasteiger partial charge is 0.497 e. The van der Waals surface area contributed by atoms with E-state index in [0.717, 1.165) is 38.0 Å². The van der Waals surface area contributed by atoms with Gasteiger partial charge in [-0.3, -0.25) is 4.90 Å². The highest BCUT2D eigenvalue weighted by Crippen LogP contribution is 2.28. The number of aliphatic hydroxyl groups is 1. The minimum atomic E-state index is -0.137. The zero-order valence-corrected chi connectivity index (χ0v) is 19.8. The molecular formula is C22H31IN4O3. The predicted octanol–water partition coefficient (Wildman–Crippen LogP) is 3.21. The number of benzene rings is 2. The van der Waals surface area contributed by atoms with E-state index in [1.165, 1.54) is 5.56 Å². The average Bonchev–Trinajstić information content (AvgIpc) is 2.75. The van der Waals surface area contributed by atoms with Crippen LogP contribution < -0.4 is 20.5 Å². The molecule has 8 heteroatoms. The van der Waals surface area contributed by atoms with Crippen LogP contribution >= 0.6 is 24.0 Å². The summed E-state index contributed by atoms with van der Waals surface area (Å²) in [7, 11) is 3.22. The van der Waals surface area contributed by atoms with Crippen molar-refractivity contribution in [2.24, 2.45) is 10.7 Å². The topological polar surface area (TPSA) is 92.3 Å². The fraction of sp³-hybridized carbons (Fsp3) is 0.409. The Bertz CT molecular complexity index is 822. The number of rotatable bonds is 7. The number of piperidine rings is 1. The van der Waals surface area contributed by atoms with Gasteiger partial charge in [-0.15, -0.1) is 24.0 Å². The second-order valence-electron chi connectivity index (χ2n) is 7.22. The SMILES string of the molecule is COc1ccc(OC)c(NC(N)=NCc2ccc(CN3CCC(O)CC3)cc2)c1.I. The Hall–Kier alpha value is -2.04. The van der Waals surface area contributed by atoms with Crippen LogP contribution in [-0.2, 0) is 13.1 Å². The van der Waals surface area contributed by atoms with Crippen LogP contribution in [0.1, 0.15) is 24.0 Å². The van der Waals surface area contributed by atoms with E-state index in [-0.39, 0.29) is 30.1 Å². The van der Waals surface area contributed by atoms with Gasteiger partial charge in [-0.25, -0.2) is 4.99 Å². The molecule has 0 saturated carbocycles. The molecule has 1 saturated heterocycles. The van der Waals surface area contributed by atoms with Gasteiger partial charge < -0.3 is 25.6 Å². The summed E-state index contributed by atoms with van der Waals surface area (Å²) in [6, 6.07) is 13.9. The summed E-state index contributed by atoms with van der Waals surface area (Å²) in [6.07, 6.45) is 1.58. The third-order valence-corrected chi connectivity index (χ3v) is 5.09. The van der Waals surface area contributed by atoms with Crippen molar-refractivity contribution in [3.63, 3.8) is 0 Å². The summed E-state index contributed by atoms with van der Waals surface area (Å²) in [5, 5.41) is 12.7. The second-order valence-corrected chi connectivity index (χ2v) is 7.22. The van der Waals surface area contributed by atoms with Crippen molar-refractivity contribution in [3.05, 3.63) is 53.6 Å². The van der Waals surface area contributed by atoms with Crippen LogP contribution in [0.15, 0.2) is 47.5 Å². The normalized spacial score (nSPS) is 15.4. The number of likely N-dealkylation sites (tertiary alicyclic amines) is 1. The minimum absolute atomic E-state index is 0. The number of methoxy groups -OCH3 is 2. The molecule has 7 nitrogen and oxygen atoms in total. The lowest BCUT2D eigenvalue weighted by atomic mass is 10.1. The monoisotopic (exact) mass is 526 g/mol. The molecule has 0 atom stereocenters. The van der Waals surface area contributed by atoms with Crippen molar-refractivity contribution >= 4 is 35.6 Å². The number of anilines is 1. The number of hydrogen-bond acceptors (Lipinski definition) is 5. The first kappa shape index (κ1) is 24.2. The first-order valence-electron chi connectivity index (χ1n) is 9.84. The first-order chi connectivity index (χ1) is 14.1. The fourth-order valence-corrected chi connectivity index (χ4v) is 3.35. The number of hydrogen-bond donors (Lipinski definition) is 3. The zero-order valence-electron chi connectivity index (χ0n) is 17.5. The molecule has 0 amide bonds. The van der Waals surface area contributed by atoms with E-state index in [9.17, 15) is 5.11 Å². The highest BCUT2D eigenvalue weighted by molar-refractivity contribution is 14.0. The number of nitrogens with one attached hydrogen (secondary N) is 1. The molecule has 0 aromatic heterocycles. The number of aliphatic hydroxyl groups excluding tert-OH is 1. The lowest BCUT2D eigenvalue weighted by Gasteiger charge is -2.29. The van der Waals surface area contributed by atoms with Gasteiger partial charge in [-0.1, -0.05) is 24.3 Å². The molecule has 1 aliphatic heterocycles.